The van der Waals surface area contributed by atoms with Gasteiger partial charge in [-0.25, -0.2) is 9.37 Å². The smallest absolute Gasteiger partial charge is 0.224 e. The van der Waals surface area contributed by atoms with Crippen LogP contribution in [0.2, 0.25) is 5.02 Å². The first-order valence-electron chi connectivity index (χ1n) is 7.95. The van der Waals surface area contributed by atoms with Crippen molar-refractivity contribution in [3.8, 4) is 0 Å². The number of benzene rings is 2. The molecule has 3 aromatic rings. The molecule has 4 nitrogen and oxygen atoms in total. The van der Waals surface area contributed by atoms with E-state index in [0.29, 0.717) is 23.3 Å². The Balaban J connectivity index is 1.63. The molecular weight excluding hydrogens is 339 g/mol. The molecule has 0 saturated heterocycles. The molecule has 2 aromatic carbocycles. The fraction of sp³-hybridized carbons (Fsp3) is 0.158. The molecule has 3 rings (SSSR count). The highest BCUT2D eigenvalue weighted by atomic mass is 35.5. The zero-order chi connectivity index (χ0) is 17.6. The summed E-state index contributed by atoms with van der Waals surface area (Å²) < 4.78 is 12.9. The molecule has 0 radical (unpaired) electrons. The molecule has 0 aliphatic carbocycles. The van der Waals surface area contributed by atoms with Gasteiger partial charge in [-0.3, -0.25) is 0 Å². The van der Waals surface area contributed by atoms with E-state index in [2.05, 4.69) is 20.6 Å². The van der Waals surface area contributed by atoms with Crippen molar-refractivity contribution in [1.82, 2.24) is 9.97 Å². The average Bonchev–Trinajstić information content (AvgIpc) is 2.56. The molecule has 0 bridgehead atoms. The van der Waals surface area contributed by atoms with Gasteiger partial charge in [0, 0.05) is 29.0 Å². The molecule has 0 amide bonds. The van der Waals surface area contributed by atoms with Gasteiger partial charge in [0.15, 0.2) is 0 Å². The minimum atomic E-state index is -0.226. The fourth-order valence-corrected chi connectivity index (χ4v) is 2.59. The monoisotopic (exact) mass is 356 g/mol. The zero-order valence-corrected chi connectivity index (χ0v) is 14.5. The lowest BCUT2D eigenvalue weighted by Crippen LogP contribution is -2.09. The van der Waals surface area contributed by atoms with Crippen LogP contribution >= 0.6 is 11.6 Å². The maximum Gasteiger partial charge on any atom is 0.224 e. The van der Waals surface area contributed by atoms with Crippen LogP contribution in [0, 0.1) is 12.7 Å². The molecule has 6 heteroatoms. The summed E-state index contributed by atoms with van der Waals surface area (Å²) >= 11 is 6.00. The summed E-state index contributed by atoms with van der Waals surface area (Å²) in [6, 6.07) is 15.8. The first-order valence-corrected chi connectivity index (χ1v) is 8.33. The molecule has 0 atom stereocenters. The van der Waals surface area contributed by atoms with E-state index >= 15 is 0 Å². The largest absolute Gasteiger partial charge is 0.354 e. The molecule has 1 heterocycles. The van der Waals surface area contributed by atoms with Gasteiger partial charge >= 0.3 is 0 Å². The molecule has 0 spiro atoms. The van der Waals surface area contributed by atoms with Crippen LogP contribution in [0.25, 0.3) is 0 Å². The highest BCUT2D eigenvalue weighted by Crippen LogP contribution is 2.20. The van der Waals surface area contributed by atoms with Crippen LogP contribution in [0.4, 0.5) is 21.8 Å². The predicted octanol–water partition coefficient (Wildman–Crippen LogP) is 4.98. The van der Waals surface area contributed by atoms with Gasteiger partial charge < -0.3 is 10.6 Å². The van der Waals surface area contributed by atoms with Gasteiger partial charge in [0.05, 0.1) is 0 Å². The molecule has 0 unspecified atom stereocenters. The fourth-order valence-electron chi connectivity index (χ4n) is 2.40. The third kappa shape index (κ3) is 5.16. The number of rotatable bonds is 6. The van der Waals surface area contributed by atoms with Gasteiger partial charge in [-0.2, -0.15) is 4.98 Å². The number of hydrogen-bond acceptors (Lipinski definition) is 4. The summed E-state index contributed by atoms with van der Waals surface area (Å²) in [5.41, 5.74) is 2.77. The Kier molecular flexibility index (Phi) is 5.46. The minimum absolute atomic E-state index is 0.226. The number of aryl methyl sites for hydroxylation is 1. The summed E-state index contributed by atoms with van der Waals surface area (Å²) in [7, 11) is 0. The Bertz CT molecular complexity index is 852. The molecule has 1 aromatic heterocycles. The Labute approximate surface area is 151 Å². The van der Waals surface area contributed by atoms with Crippen LogP contribution in [-0.2, 0) is 6.42 Å². The van der Waals surface area contributed by atoms with Crippen molar-refractivity contribution in [2.24, 2.45) is 0 Å². The van der Waals surface area contributed by atoms with Crippen LogP contribution in [0.1, 0.15) is 11.3 Å². The predicted molar refractivity (Wildman–Crippen MR) is 100 cm³/mol. The van der Waals surface area contributed by atoms with Crippen molar-refractivity contribution in [2.45, 2.75) is 13.3 Å². The van der Waals surface area contributed by atoms with E-state index in [9.17, 15) is 4.39 Å². The lowest BCUT2D eigenvalue weighted by molar-refractivity contribution is 0.627. The standard InChI is InChI=1S/C19H18ClFN4/c1-13-11-18(24-17-4-2-3-15(20)12-17)25-19(23-13)22-10-9-14-5-7-16(21)8-6-14/h2-8,11-12H,9-10H2,1H3,(H2,22,23,24,25). The quantitative estimate of drug-likeness (QED) is 0.654. The van der Waals surface area contributed by atoms with Crippen molar-refractivity contribution < 1.29 is 4.39 Å². The first kappa shape index (κ1) is 17.2. The first-order chi connectivity index (χ1) is 12.1. The Morgan fingerprint density at radius 3 is 2.60 bits per heavy atom. The maximum absolute atomic E-state index is 12.9. The number of nitrogens with zero attached hydrogens (tertiary/aromatic N) is 2. The lowest BCUT2D eigenvalue weighted by atomic mass is 10.1. The van der Waals surface area contributed by atoms with Gasteiger partial charge in [0.25, 0.3) is 0 Å². The van der Waals surface area contributed by atoms with E-state index in [1.807, 2.05) is 37.3 Å². The second-order valence-electron chi connectivity index (χ2n) is 5.66. The van der Waals surface area contributed by atoms with Crippen molar-refractivity contribution in [3.05, 3.63) is 76.7 Å². The van der Waals surface area contributed by atoms with Gasteiger partial charge in [-0.1, -0.05) is 29.8 Å². The van der Waals surface area contributed by atoms with E-state index in [-0.39, 0.29) is 5.82 Å². The van der Waals surface area contributed by atoms with Gasteiger partial charge in [0.2, 0.25) is 5.95 Å². The summed E-state index contributed by atoms with van der Waals surface area (Å²) in [6.45, 7) is 2.57. The summed E-state index contributed by atoms with van der Waals surface area (Å²) in [5, 5.41) is 7.09. The minimum Gasteiger partial charge on any atom is -0.354 e. The summed E-state index contributed by atoms with van der Waals surface area (Å²) in [5.74, 6) is 1.01. The molecule has 0 aliphatic heterocycles. The van der Waals surface area contributed by atoms with Crippen LogP contribution < -0.4 is 10.6 Å². The molecule has 25 heavy (non-hydrogen) atoms. The number of halogens is 2. The SMILES string of the molecule is Cc1cc(Nc2cccc(Cl)c2)nc(NCCc2ccc(F)cc2)n1. The van der Waals surface area contributed by atoms with Gasteiger partial charge in [-0.15, -0.1) is 0 Å². The summed E-state index contributed by atoms with van der Waals surface area (Å²) in [6.07, 6.45) is 0.759. The maximum atomic E-state index is 12.9. The number of hydrogen-bond donors (Lipinski definition) is 2. The molecule has 0 fully saturated rings. The molecule has 0 saturated carbocycles. The normalized spacial score (nSPS) is 10.5. The van der Waals surface area contributed by atoms with Crippen LogP contribution in [-0.4, -0.2) is 16.5 Å². The second kappa shape index (κ2) is 7.94. The van der Waals surface area contributed by atoms with Gasteiger partial charge in [0.1, 0.15) is 11.6 Å². The van der Waals surface area contributed by atoms with E-state index in [1.54, 1.807) is 12.1 Å². The highest BCUT2D eigenvalue weighted by molar-refractivity contribution is 6.30. The number of anilines is 3. The summed E-state index contributed by atoms with van der Waals surface area (Å²) in [4.78, 5) is 8.86. The van der Waals surface area contributed by atoms with Crippen molar-refractivity contribution >= 4 is 29.1 Å². The topological polar surface area (TPSA) is 49.8 Å². The highest BCUT2D eigenvalue weighted by Gasteiger charge is 2.03. The Hall–Kier alpha value is -2.66. The van der Waals surface area contributed by atoms with Crippen molar-refractivity contribution in [3.63, 3.8) is 0 Å². The average molecular weight is 357 g/mol. The van der Waals surface area contributed by atoms with E-state index in [4.69, 9.17) is 11.6 Å². The van der Waals surface area contributed by atoms with Crippen molar-refractivity contribution in [2.75, 3.05) is 17.2 Å². The van der Waals surface area contributed by atoms with E-state index in [0.717, 1.165) is 23.4 Å². The number of aromatic nitrogens is 2. The van der Waals surface area contributed by atoms with E-state index in [1.165, 1.54) is 12.1 Å². The Morgan fingerprint density at radius 2 is 1.84 bits per heavy atom. The third-order valence-corrected chi connectivity index (χ3v) is 3.80. The second-order valence-corrected chi connectivity index (χ2v) is 6.09. The zero-order valence-electron chi connectivity index (χ0n) is 13.8. The van der Waals surface area contributed by atoms with E-state index < -0.39 is 0 Å². The molecule has 128 valence electrons. The number of nitrogens with one attached hydrogen (secondary N) is 2. The van der Waals surface area contributed by atoms with Crippen molar-refractivity contribution in [1.29, 1.82) is 0 Å². The third-order valence-electron chi connectivity index (χ3n) is 3.56. The molecule has 2 N–H and O–H groups in total. The lowest BCUT2D eigenvalue weighted by Gasteiger charge is -2.10. The van der Waals surface area contributed by atoms with Crippen LogP contribution in [0.5, 0.6) is 0 Å². The Morgan fingerprint density at radius 1 is 1.04 bits per heavy atom. The molecular formula is C19H18ClFN4. The van der Waals surface area contributed by atoms with Crippen LogP contribution in [0.3, 0.4) is 0 Å². The van der Waals surface area contributed by atoms with Crippen LogP contribution in [0.15, 0.2) is 54.6 Å². The molecule has 0 aliphatic rings. The van der Waals surface area contributed by atoms with Gasteiger partial charge in [-0.05, 0) is 49.2 Å².